The highest BCUT2D eigenvalue weighted by Gasteiger charge is 2.06. The summed E-state index contributed by atoms with van der Waals surface area (Å²) in [6, 6.07) is 5.56. The van der Waals surface area contributed by atoms with Crippen LogP contribution in [0.3, 0.4) is 0 Å². The van der Waals surface area contributed by atoms with Crippen molar-refractivity contribution in [2.24, 2.45) is 0 Å². The van der Waals surface area contributed by atoms with Crippen molar-refractivity contribution >= 4 is 5.97 Å². The summed E-state index contributed by atoms with van der Waals surface area (Å²) in [6.07, 6.45) is 3.16. The fourth-order valence-electron chi connectivity index (χ4n) is 1.52. The van der Waals surface area contributed by atoms with Crippen LogP contribution in [0.4, 0.5) is 0 Å². The summed E-state index contributed by atoms with van der Waals surface area (Å²) >= 11 is 0. The molecule has 0 unspecified atom stereocenters. The van der Waals surface area contributed by atoms with Gasteiger partial charge in [0.2, 0.25) is 0 Å². The topological polar surface area (TPSA) is 26.3 Å². The van der Waals surface area contributed by atoms with Crippen LogP contribution < -0.4 is 0 Å². The number of aryl methyl sites for hydroxylation is 1. The predicted octanol–water partition coefficient (Wildman–Crippen LogP) is 3.32. The number of methoxy groups -OCH3 is 1. The molecule has 0 saturated heterocycles. The van der Waals surface area contributed by atoms with Gasteiger partial charge in [-0.25, -0.2) is 4.79 Å². The molecule has 1 aromatic carbocycles. The summed E-state index contributed by atoms with van der Waals surface area (Å²) in [6.45, 7) is 4.09. The van der Waals surface area contributed by atoms with E-state index in [1.165, 1.54) is 7.11 Å². The Morgan fingerprint density at radius 1 is 1.35 bits per heavy atom. The molecule has 0 atom stereocenters. The number of carbonyl (C=O) groups excluding carboxylic acids is 1. The third-order valence-corrected chi connectivity index (χ3v) is 2.39. The van der Waals surface area contributed by atoms with Crippen molar-refractivity contribution in [3.05, 3.63) is 34.9 Å². The van der Waals surface area contributed by atoms with E-state index in [1.54, 1.807) is 6.07 Å². The minimum absolute atomic E-state index is 0.315. The third-order valence-electron chi connectivity index (χ3n) is 2.39. The molecule has 1 rings (SSSR count). The molecule has 0 amide bonds. The lowest BCUT2D eigenvalue weighted by Crippen LogP contribution is -2.01. The summed E-state index contributed by atoms with van der Waals surface area (Å²) in [7, 11) is 1.39. The average Bonchev–Trinajstić information content (AvgIpc) is 2.33. The standard InChI is InChI=1S/C15H18O2/c1-4-5-6-7-8-13-9-12(2)10-14(11-13)15(16)17-3/h9-11H,4-6H2,1-3H3. The van der Waals surface area contributed by atoms with E-state index in [2.05, 4.69) is 18.8 Å². The molecule has 17 heavy (non-hydrogen) atoms. The van der Waals surface area contributed by atoms with E-state index in [4.69, 9.17) is 4.74 Å². The molecular formula is C15H18O2. The van der Waals surface area contributed by atoms with Crippen LogP contribution in [-0.2, 0) is 4.74 Å². The lowest BCUT2D eigenvalue weighted by molar-refractivity contribution is 0.0600. The van der Waals surface area contributed by atoms with Crippen molar-refractivity contribution in [2.45, 2.75) is 33.1 Å². The molecule has 0 spiro atoms. The molecule has 0 aromatic heterocycles. The van der Waals surface area contributed by atoms with Crippen LogP contribution in [0.1, 0.15) is 47.7 Å². The number of esters is 1. The van der Waals surface area contributed by atoms with E-state index in [9.17, 15) is 4.79 Å². The second-order valence-corrected chi connectivity index (χ2v) is 3.98. The van der Waals surface area contributed by atoms with Gasteiger partial charge >= 0.3 is 5.97 Å². The first-order valence-corrected chi connectivity index (χ1v) is 5.86. The number of ether oxygens (including phenoxy) is 1. The molecule has 2 nitrogen and oxygen atoms in total. The minimum atomic E-state index is -0.315. The molecule has 90 valence electrons. The van der Waals surface area contributed by atoms with Crippen LogP contribution in [0.15, 0.2) is 18.2 Å². The monoisotopic (exact) mass is 230 g/mol. The Labute approximate surface area is 103 Å². The number of rotatable bonds is 3. The van der Waals surface area contributed by atoms with Crippen LogP contribution in [-0.4, -0.2) is 13.1 Å². The van der Waals surface area contributed by atoms with E-state index < -0.39 is 0 Å². The van der Waals surface area contributed by atoms with Gasteiger partial charge in [-0.05, 0) is 37.1 Å². The summed E-state index contributed by atoms with van der Waals surface area (Å²) in [5, 5.41) is 0. The first-order chi connectivity index (χ1) is 8.17. The van der Waals surface area contributed by atoms with Gasteiger partial charge in [0.25, 0.3) is 0 Å². The highest BCUT2D eigenvalue weighted by atomic mass is 16.5. The molecule has 0 aliphatic rings. The average molecular weight is 230 g/mol. The van der Waals surface area contributed by atoms with Gasteiger partial charge < -0.3 is 4.74 Å². The van der Waals surface area contributed by atoms with Crippen molar-refractivity contribution in [1.82, 2.24) is 0 Å². The van der Waals surface area contributed by atoms with Gasteiger partial charge in [0.15, 0.2) is 0 Å². The summed E-state index contributed by atoms with van der Waals surface area (Å²) in [4.78, 5) is 11.4. The van der Waals surface area contributed by atoms with E-state index >= 15 is 0 Å². The zero-order valence-corrected chi connectivity index (χ0v) is 10.7. The number of carbonyl (C=O) groups is 1. The molecule has 0 bridgehead atoms. The SMILES string of the molecule is CCCCC#Cc1cc(C)cc(C(=O)OC)c1. The van der Waals surface area contributed by atoms with Gasteiger partial charge in [-0.3, -0.25) is 0 Å². The van der Waals surface area contributed by atoms with Gasteiger partial charge in [-0.2, -0.15) is 0 Å². The number of unbranched alkanes of at least 4 members (excludes halogenated alkanes) is 2. The van der Waals surface area contributed by atoms with Crippen LogP contribution >= 0.6 is 0 Å². The number of benzene rings is 1. The molecule has 0 radical (unpaired) electrons. The minimum Gasteiger partial charge on any atom is -0.465 e. The highest BCUT2D eigenvalue weighted by Crippen LogP contribution is 2.10. The molecule has 1 aromatic rings. The fraction of sp³-hybridized carbons (Fsp3) is 0.400. The van der Waals surface area contributed by atoms with Crippen LogP contribution in [0.25, 0.3) is 0 Å². The fourth-order valence-corrected chi connectivity index (χ4v) is 1.52. The number of hydrogen-bond donors (Lipinski definition) is 0. The second-order valence-electron chi connectivity index (χ2n) is 3.98. The van der Waals surface area contributed by atoms with Gasteiger partial charge in [0, 0.05) is 12.0 Å². The van der Waals surface area contributed by atoms with Crippen LogP contribution in [0.2, 0.25) is 0 Å². The van der Waals surface area contributed by atoms with Crippen molar-refractivity contribution in [2.75, 3.05) is 7.11 Å². The third kappa shape index (κ3) is 4.32. The molecule has 0 N–H and O–H groups in total. The van der Waals surface area contributed by atoms with E-state index in [0.29, 0.717) is 5.56 Å². The molecule has 0 aliphatic carbocycles. The van der Waals surface area contributed by atoms with Crippen molar-refractivity contribution in [3.63, 3.8) is 0 Å². The van der Waals surface area contributed by atoms with Gasteiger partial charge in [-0.15, -0.1) is 0 Å². The molecule has 0 aliphatic heterocycles. The molecule has 0 fully saturated rings. The maximum Gasteiger partial charge on any atom is 0.337 e. The smallest absolute Gasteiger partial charge is 0.337 e. The zero-order chi connectivity index (χ0) is 12.7. The zero-order valence-electron chi connectivity index (χ0n) is 10.7. The van der Waals surface area contributed by atoms with E-state index in [0.717, 1.165) is 30.4 Å². The lowest BCUT2D eigenvalue weighted by atomic mass is 10.1. The Hall–Kier alpha value is -1.75. The van der Waals surface area contributed by atoms with Gasteiger partial charge in [0.1, 0.15) is 0 Å². The van der Waals surface area contributed by atoms with Gasteiger partial charge in [-0.1, -0.05) is 25.2 Å². The first-order valence-electron chi connectivity index (χ1n) is 5.86. The summed E-state index contributed by atoms with van der Waals surface area (Å²) in [5.74, 6) is 5.88. The Morgan fingerprint density at radius 3 is 2.76 bits per heavy atom. The van der Waals surface area contributed by atoms with E-state index in [-0.39, 0.29) is 5.97 Å². The highest BCUT2D eigenvalue weighted by molar-refractivity contribution is 5.90. The van der Waals surface area contributed by atoms with Crippen molar-refractivity contribution in [3.8, 4) is 11.8 Å². The van der Waals surface area contributed by atoms with Gasteiger partial charge in [0.05, 0.1) is 12.7 Å². The largest absolute Gasteiger partial charge is 0.465 e. The quantitative estimate of drug-likeness (QED) is 0.452. The first kappa shape index (κ1) is 13.3. The molecule has 0 saturated carbocycles. The second kappa shape index (κ2) is 6.75. The van der Waals surface area contributed by atoms with Crippen LogP contribution in [0.5, 0.6) is 0 Å². The van der Waals surface area contributed by atoms with Crippen LogP contribution in [0, 0.1) is 18.8 Å². The predicted molar refractivity (Wildman–Crippen MR) is 68.9 cm³/mol. The Morgan fingerprint density at radius 2 is 2.12 bits per heavy atom. The molecule has 0 heterocycles. The normalized spacial score (nSPS) is 9.35. The Kier molecular flexibility index (Phi) is 5.29. The Balaban J connectivity index is 2.88. The Bertz CT molecular complexity index is 450. The maximum absolute atomic E-state index is 11.4. The lowest BCUT2D eigenvalue weighted by Gasteiger charge is -2.01. The summed E-state index contributed by atoms with van der Waals surface area (Å²) < 4.78 is 4.70. The van der Waals surface area contributed by atoms with E-state index in [1.807, 2.05) is 19.1 Å². The van der Waals surface area contributed by atoms with Crippen molar-refractivity contribution < 1.29 is 9.53 Å². The number of hydrogen-bond acceptors (Lipinski definition) is 2. The van der Waals surface area contributed by atoms with Crippen molar-refractivity contribution in [1.29, 1.82) is 0 Å². The molecular weight excluding hydrogens is 212 g/mol. The molecule has 2 heteroatoms. The summed E-state index contributed by atoms with van der Waals surface area (Å²) in [5.41, 5.74) is 2.46. The maximum atomic E-state index is 11.4.